The van der Waals surface area contributed by atoms with Gasteiger partial charge in [-0.1, -0.05) is 17.7 Å². The van der Waals surface area contributed by atoms with Gasteiger partial charge in [-0.05, 0) is 17.7 Å². The van der Waals surface area contributed by atoms with Gasteiger partial charge in [0.1, 0.15) is 6.54 Å². The Morgan fingerprint density at radius 3 is 3.00 bits per heavy atom. The predicted molar refractivity (Wildman–Crippen MR) is 59.8 cm³/mol. The molecule has 0 aliphatic carbocycles. The molecule has 2 rings (SSSR count). The molecule has 0 fully saturated rings. The van der Waals surface area contributed by atoms with Gasteiger partial charge in [-0.15, -0.1) is 0 Å². The smallest absolute Gasteiger partial charge is 0.253 e. The van der Waals surface area contributed by atoms with E-state index in [1.807, 2.05) is 5.43 Å². The number of hydrogen-bond acceptors (Lipinski definition) is 3. The summed E-state index contributed by atoms with van der Waals surface area (Å²) in [6.45, 7) is -0.0807. The van der Waals surface area contributed by atoms with Gasteiger partial charge >= 0.3 is 0 Å². The standard InChI is InChI=1S/C10H10ClN3O2/c11-7-2-1-6-3-10(16)14(8(6)4-7)5-9(15)13-12/h1-2,4H,3,5,12H2,(H,13,15). The summed E-state index contributed by atoms with van der Waals surface area (Å²) in [4.78, 5) is 24.2. The highest BCUT2D eigenvalue weighted by atomic mass is 35.5. The topological polar surface area (TPSA) is 75.4 Å². The number of nitrogens with zero attached hydrogens (tertiary/aromatic N) is 1. The molecule has 0 atom stereocenters. The number of rotatable bonds is 2. The Balaban J connectivity index is 2.31. The fourth-order valence-corrected chi connectivity index (χ4v) is 1.86. The SMILES string of the molecule is NNC(=O)CN1C(=O)Cc2ccc(Cl)cc21. The molecule has 0 radical (unpaired) electrons. The van der Waals surface area contributed by atoms with Crippen LogP contribution in [0.5, 0.6) is 0 Å². The Labute approximate surface area is 97.1 Å². The van der Waals surface area contributed by atoms with Gasteiger partial charge < -0.3 is 4.90 Å². The molecule has 84 valence electrons. The normalized spacial score (nSPS) is 13.9. The van der Waals surface area contributed by atoms with Gasteiger partial charge in [0.15, 0.2) is 0 Å². The summed E-state index contributed by atoms with van der Waals surface area (Å²) >= 11 is 5.84. The first-order valence-electron chi connectivity index (χ1n) is 4.70. The van der Waals surface area contributed by atoms with Crippen LogP contribution in [0.1, 0.15) is 5.56 Å². The van der Waals surface area contributed by atoms with E-state index in [-0.39, 0.29) is 12.5 Å². The summed E-state index contributed by atoms with van der Waals surface area (Å²) in [5.74, 6) is 4.44. The number of nitrogens with one attached hydrogen (secondary N) is 1. The average molecular weight is 240 g/mol. The second-order valence-corrected chi connectivity index (χ2v) is 3.93. The lowest BCUT2D eigenvalue weighted by atomic mass is 10.2. The minimum atomic E-state index is -0.416. The van der Waals surface area contributed by atoms with Gasteiger partial charge in [-0.3, -0.25) is 15.0 Å². The van der Waals surface area contributed by atoms with E-state index in [0.717, 1.165) is 5.56 Å². The molecule has 0 saturated carbocycles. The monoisotopic (exact) mass is 239 g/mol. The molecule has 3 N–H and O–H groups in total. The zero-order valence-corrected chi connectivity index (χ0v) is 9.12. The maximum absolute atomic E-state index is 11.7. The van der Waals surface area contributed by atoms with Crippen LogP contribution in [0.15, 0.2) is 18.2 Å². The lowest BCUT2D eigenvalue weighted by Crippen LogP contribution is -2.41. The summed E-state index contributed by atoms with van der Waals surface area (Å²) in [6.07, 6.45) is 0.296. The van der Waals surface area contributed by atoms with Gasteiger partial charge in [0.2, 0.25) is 5.91 Å². The molecule has 16 heavy (non-hydrogen) atoms. The second kappa shape index (κ2) is 4.11. The molecule has 1 aromatic carbocycles. The molecule has 1 aromatic rings. The number of anilines is 1. The number of fused-ring (bicyclic) bond motifs is 1. The van der Waals surface area contributed by atoms with Crippen molar-refractivity contribution in [1.82, 2.24) is 5.43 Å². The van der Waals surface area contributed by atoms with Crippen LogP contribution in [-0.4, -0.2) is 18.4 Å². The first kappa shape index (κ1) is 10.9. The number of benzene rings is 1. The lowest BCUT2D eigenvalue weighted by molar-refractivity contribution is -0.123. The van der Waals surface area contributed by atoms with E-state index >= 15 is 0 Å². The molecule has 1 aliphatic rings. The number of halogens is 1. The summed E-state index contributed by atoms with van der Waals surface area (Å²) in [6, 6.07) is 5.18. The molecular weight excluding hydrogens is 230 g/mol. The summed E-state index contributed by atoms with van der Waals surface area (Å²) < 4.78 is 0. The minimum Gasteiger partial charge on any atom is -0.302 e. The van der Waals surface area contributed by atoms with Gasteiger partial charge in [-0.25, -0.2) is 5.84 Å². The number of hydrogen-bond donors (Lipinski definition) is 2. The molecule has 1 heterocycles. The number of hydrazine groups is 1. The zero-order valence-electron chi connectivity index (χ0n) is 8.37. The molecule has 0 saturated heterocycles. The fourth-order valence-electron chi connectivity index (χ4n) is 1.69. The summed E-state index contributed by atoms with van der Waals surface area (Å²) in [5.41, 5.74) is 3.55. The Bertz CT molecular complexity index is 461. The van der Waals surface area contributed by atoms with Gasteiger partial charge in [0.05, 0.1) is 6.42 Å². The molecule has 0 unspecified atom stereocenters. The summed E-state index contributed by atoms with van der Waals surface area (Å²) in [5, 5.41) is 0.534. The van der Waals surface area contributed by atoms with Crippen LogP contribution in [0.25, 0.3) is 0 Å². The second-order valence-electron chi connectivity index (χ2n) is 3.50. The molecule has 1 aliphatic heterocycles. The maximum atomic E-state index is 11.7. The third kappa shape index (κ3) is 1.87. The van der Waals surface area contributed by atoms with Crippen molar-refractivity contribution in [1.29, 1.82) is 0 Å². The Kier molecular flexibility index (Phi) is 2.80. The number of carbonyl (C=O) groups excluding carboxylic acids is 2. The molecule has 0 bridgehead atoms. The van der Waals surface area contributed by atoms with Crippen molar-refractivity contribution >= 4 is 29.1 Å². The largest absolute Gasteiger partial charge is 0.302 e. The van der Waals surface area contributed by atoms with E-state index in [4.69, 9.17) is 17.4 Å². The molecule has 0 aromatic heterocycles. The molecule has 0 spiro atoms. The van der Waals surface area contributed by atoms with Crippen molar-refractivity contribution in [2.45, 2.75) is 6.42 Å². The fraction of sp³-hybridized carbons (Fsp3) is 0.200. The Morgan fingerprint density at radius 1 is 1.56 bits per heavy atom. The van der Waals surface area contributed by atoms with Crippen molar-refractivity contribution in [2.75, 3.05) is 11.4 Å². The van der Waals surface area contributed by atoms with Crippen LogP contribution in [0.3, 0.4) is 0 Å². The van der Waals surface area contributed by atoms with Gasteiger partial charge in [-0.2, -0.15) is 0 Å². The third-order valence-electron chi connectivity index (χ3n) is 2.44. The van der Waals surface area contributed by atoms with E-state index < -0.39 is 5.91 Å². The van der Waals surface area contributed by atoms with Gasteiger partial charge in [0, 0.05) is 10.7 Å². The zero-order chi connectivity index (χ0) is 11.7. The highest BCUT2D eigenvalue weighted by molar-refractivity contribution is 6.31. The average Bonchev–Trinajstić information content (AvgIpc) is 2.55. The highest BCUT2D eigenvalue weighted by Gasteiger charge is 2.28. The van der Waals surface area contributed by atoms with Crippen molar-refractivity contribution < 1.29 is 9.59 Å². The number of amides is 2. The van der Waals surface area contributed by atoms with Crippen LogP contribution >= 0.6 is 11.6 Å². The number of nitrogens with two attached hydrogens (primary N) is 1. The quantitative estimate of drug-likeness (QED) is 0.440. The lowest BCUT2D eigenvalue weighted by Gasteiger charge is -2.16. The molecular formula is C10H10ClN3O2. The van der Waals surface area contributed by atoms with E-state index in [2.05, 4.69) is 0 Å². The van der Waals surface area contributed by atoms with Crippen molar-refractivity contribution in [3.8, 4) is 0 Å². The molecule has 2 amide bonds. The highest BCUT2D eigenvalue weighted by Crippen LogP contribution is 2.31. The Hall–Kier alpha value is -1.59. The van der Waals surface area contributed by atoms with E-state index in [1.165, 1.54) is 4.90 Å². The molecule has 6 heteroatoms. The van der Waals surface area contributed by atoms with Crippen LogP contribution in [-0.2, 0) is 16.0 Å². The van der Waals surface area contributed by atoms with E-state index in [9.17, 15) is 9.59 Å². The maximum Gasteiger partial charge on any atom is 0.253 e. The number of carbonyl (C=O) groups is 2. The van der Waals surface area contributed by atoms with Crippen LogP contribution in [0.2, 0.25) is 5.02 Å². The summed E-state index contributed by atoms with van der Waals surface area (Å²) in [7, 11) is 0. The molecule has 5 nitrogen and oxygen atoms in total. The van der Waals surface area contributed by atoms with Crippen molar-refractivity contribution in [3.63, 3.8) is 0 Å². The Morgan fingerprint density at radius 2 is 2.31 bits per heavy atom. The predicted octanol–water partition coefficient (Wildman–Crippen LogP) is 0.219. The van der Waals surface area contributed by atoms with Crippen molar-refractivity contribution in [3.05, 3.63) is 28.8 Å². The van der Waals surface area contributed by atoms with E-state index in [0.29, 0.717) is 17.1 Å². The van der Waals surface area contributed by atoms with Crippen LogP contribution in [0.4, 0.5) is 5.69 Å². The van der Waals surface area contributed by atoms with Gasteiger partial charge in [0.25, 0.3) is 5.91 Å². The first-order chi connectivity index (χ1) is 7.61. The van der Waals surface area contributed by atoms with Crippen molar-refractivity contribution in [2.24, 2.45) is 5.84 Å². The van der Waals surface area contributed by atoms with Crippen LogP contribution < -0.4 is 16.2 Å². The minimum absolute atomic E-state index is 0.0807. The first-order valence-corrected chi connectivity index (χ1v) is 5.08. The van der Waals surface area contributed by atoms with Crippen LogP contribution in [0, 0.1) is 0 Å². The van der Waals surface area contributed by atoms with E-state index in [1.54, 1.807) is 18.2 Å². The third-order valence-corrected chi connectivity index (χ3v) is 2.68.